The van der Waals surface area contributed by atoms with Crippen molar-refractivity contribution in [2.24, 2.45) is 0 Å². The molecule has 0 unspecified atom stereocenters. The third-order valence-electron chi connectivity index (χ3n) is 1.52. The van der Waals surface area contributed by atoms with Crippen molar-refractivity contribution < 1.29 is 17.2 Å². The summed E-state index contributed by atoms with van der Waals surface area (Å²) in [6, 6.07) is 2.50. The van der Waals surface area contributed by atoms with Gasteiger partial charge in [0.1, 0.15) is 11.6 Å². The molecule has 1 N–H and O–H groups in total. The standard InChI is InChI=1S/C8H9F2NO2S/c1-2-14(12,13)11-8-4-6(9)3-7(10)5-8/h3-5,11H,2H2,1H3. The molecule has 0 fully saturated rings. The van der Waals surface area contributed by atoms with Crippen LogP contribution in [0.5, 0.6) is 0 Å². The summed E-state index contributed by atoms with van der Waals surface area (Å²) in [5.74, 6) is -1.79. The SMILES string of the molecule is CCS(=O)(=O)Nc1cc(F)cc(F)c1. The molecule has 0 aliphatic heterocycles. The lowest BCUT2D eigenvalue weighted by Crippen LogP contribution is -2.14. The van der Waals surface area contributed by atoms with E-state index in [2.05, 4.69) is 0 Å². The molecule has 0 saturated carbocycles. The molecule has 0 aliphatic rings. The smallest absolute Gasteiger partial charge is 0.232 e. The van der Waals surface area contributed by atoms with E-state index in [1.54, 1.807) is 0 Å². The summed E-state index contributed by atoms with van der Waals surface area (Å²) in [5.41, 5.74) is -0.107. The predicted octanol–water partition coefficient (Wildman–Crippen LogP) is 1.73. The maximum atomic E-state index is 12.6. The van der Waals surface area contributed by atoms with Gasteiger partial charge in [0.2, 0.25) is 10.0 Å². The Labute approximate surface area is 80.8 Å². The first-order valence-electron chi connectivity index (χ1n) is 3.89. The highest BCUT2D eigenvalue weighted by Crippen LogP contribution is 2.14. The number of halogens is 2. The van der Waals surface area contributed by atoms with E-state index in [0.29, 0.717) is 6.07 Å². The summed E-state index contributed by atoms with van der Waals surface area (Å²) in [5, 5.41) is 0. The molecule has 0 amide bonds. The molecule has 3 nitrogen and oxygen atoms in total. The topological polar surface area (TPSA) is 46.2 Å². The summed E-state index contributed by atoms with van der Waals surface area (Å²) in [6.07, 6.45) is 0. The molecule has 0 atom stereocenters. The highest BCUT2D eigenvalue weighted by Gasteiger charge is 2.08. The van der Waals surface area contributed by atoms with E-state index < -0.39 is 21.7 Å². The molecule has 0 radical (unpaired) electrons. The summed E-state index contributed by atoms with van der Waals surface area (Å²) in [4.78, 5) is 0. The van der Waals surface area contributed by atoms with Crippen LogP contribution in [0.4, 0.5) is 14.5 Å². The van der Waals surface area contributed by atoms with Crippen LogP contribution in [0.1, 0.15) is 6.92 Å². The molecule has 14 heavy (non-hydrogen) atoms. The minimum atomic E-state index is -3.49. The number of anilines is 1. The van der Waals surface area contributed by atoms with Crippen LogP contribution in [0.2, 0.25) is 0 Å². The van der Waals surface area contributed by atoms with Gasteiger partial charge in [-0.3, -0.25) is 4.72 Å². The molecule has 1 aromatic carbocycles. The van der Waals surface area contributed by atoms with Gasteiger partial charge in [-0.15, -0.1) is 0 Å². The van der Waals surface area contributed by atoms with Crippen molar-refractivity contribution in [3.05, 3.63) is 29.8 Å². The van der Waals surface area contributed by atoms with Crippen LogP contribution >= 0.6 is 0 Å². The second-order valence-electron chi connectivity index (χ2n) is 2.66. The molecular weight excluding hydrogens is 212 g/mol. The van der Waals surface area contributed by atoms with Crippen LogP contribution in [0, 0.1) is 11.6 Å². The first-order chi connectivity index (χ1) is 6.43. The maximum Gasteiger partial charge on any atom is 0.232 e. The van der Waals surface area contributed by atoms with Gasteiger partial charge in [-0.1, -0.05) is 0 Å². The van der Waals surface area contributed by atoms with E-state index in [4.69, 9.17) is 0 Å². The fourth-order valence-corrected chi connectivity index (χ4v) is 1.49. The quantitative estimate of drug-likeness (QED) is 0.844. The monoisotopic (exact) mass is 221 g/mol. The van der Waals surface area contributed by atoms with Gasteiger partial charge in [-0.05, 0) is 19.1 Å². The van der Waals surface area contributed by atoms with Gasteiger partial charge in [0.15, 0.2) is 0 Å². The lowest BCUT2D eigenvalue weighted by Gasteiger charge is -2.05. The van der Waals surface area contributed by atoms with Crippen LogP contribution in [0.3, 0.4) is 0 Å². The lowest BCUT2D eigenvalue weighted by atomic mass is 10.3. The largest absolute Gasteiger partial charge is 0.283 e. The van der Waals surface area contributed by atoms with Gasteiger partial charge < -0.3 is 0 Å². The Balaban J connectivity index is 2.98. The molecule has 6 heteroatoms. The summed E-state index contributed by atoms with van der Waals surface area (Å²) >= 11 is 0. The highest BCUT2D eigenvalue weighted by molar-refractivity contribution is 7.92. The van der Waals surface area contributed by atoms with Crippen LogP contribution in [0.15, 0.2) is 18.2 Å². The lowest BCUT2D eigenvalue weighted by molar-refractivity contribution is 0.584. The van der Waals surface area contributed by atoms with Crippen molar-refractivity contribution in [2.75, 3.05) is 10.5 Å². The fraction of sp³-hybridized carbons (Fsp3) is 0.250. The van der Waals surface area contributed by atoms with E-state index in [-0.39, 0.29) is 11.4 Å². The van der Waals surface area contributed by atoms with Crippen molar-refractivity contribution >= 4 is 15.7 Å². The minimum Gasteiger partial charge on any atom is -0.283 e. The second-order valence-corrected chi connectivity index (χ2v) is 4.67. The molecule has 0 aliphatic carbocycles. The van der Waals surface area contributed by atoms with E-state index in [1.165, 1.54) is 6.92 Å². The van der Waals surface area contributed by atoms with Crippen molar-refractivity contribution in [2.45, 2.75) is 6.92 Å². The van der Waals surface area contributed by atoms with Crippen molar-refractivity contribution in [1.82, 2.24) is 0 Å². The zero-order valence-corrected chi connectivity index (χ0v) is 8.24. The highest BCUT2D eigenvalue weighted by atomic mass is 32.2. The zero-order chi connectivity index (χ0) is 10.8. The Bertz CT molecular complexity index is 411. The van der Waals surface area contributed by atoms with Gasteiger partial charge in [0, 0.05) is 6.07 Å². The third-order valence-corrected chi connectivity index (χ3v) is 2.82. The van der Waals surface area contributed by atoms with Gasteiger partial charge in [-0.25, -0.2) is 17.2 Å². The van der Waals surface area contributed by atoms with Crippen LogP contribution in [0.25, 0.3) is 0 Å². The molecule has 0 saturated heterocycles. The van der Waals surface area contributed by atoms with E-state index in [9.17, 15) is 17.2 Å². The summed E-state index contributed by atoms with van der Waals surface area (Å²) in [6.45, 7) is 1.43. The van der Waals surface area contributed by atoms with E-state index in [1.807, 2.05) is 4.72 Å². The van der Waals surface area contributed by atoms with Gasteiger partial charge >= 0.3 is 0 Å². The van der Waals surface area contributed by atoms with Crippen molar-refractivity contribution in [3.8, 4) is 0 Å². The molecule has 0 bridgehead atoms. The predicted molar refractivity (Wildman–Crippen MR) is 49.4 cm³/mol. The number of hydrogen-bond donors (Lipinski definition) is 1. The van der Waals surface area contributed by atoms with Gasteiger partial charge in [-0.2, -0.15) is 0 Å². The molecule has 1 rings (SSSR count). The van der Waals surface area contributed by atoms with Crippen LogP contribution < -0.4 is 4.72 Å². The molecule has 0 spiro atoms. The molecule has 78 valence electrons. The summed E-state index contributed by atoms with van der Waals surface area (Å²) in [7, 11) is -3.49. The van der Waals surface area contributed by atoms with Crippen LogP contribution in [-0.4, -0.2) is 14.2 Å². The molecular formula is C8H9F2NO2S. The summed E-state index contributed by atoms with van der Waals surface area (Å²) < 4.78 is 49.4. The van der Waals surface area contributed by atoms with E-state index in [0.717, 1.165) is 12.1 Å². The average molecular weight is 221 g/mol. The van der Waals surface area contributed by atoms with E-state index >= 15 is 0 Å². The number of benzene rings is 1. The number of sulfonamides is 1. The minimum absolute atomic E-state index is 0.107. The average Bonchev–Trinajstić information content (AvgIpc) is 2.01. The fourth-order valence-electron chi connectivity index (χ4n) is 0.864. The van der Waals surface area contributed by atoms with Gasteiger partial charge in [0.25, 0.3) is 0 Å². The third kappa shape index (κ3) is 2.95. The second kappa shape index (κ2) is 3.91. The normalized spacial score (nSPS) is 11.4. The van der Waals surface area contributed by atoms with Crippen molar-refractivity contribution in [3.63, 3.8) is 0 Å². The number of hydrogen-bond acceptors (Lipinski definition) is 2. The molecule has 1 aromatic rings. The first kappa shape index (κ1) is 10.9. The first-order valence-corrected chi connectivity index (χ1v) is 5.55. The Hall–Kier alpha value is -1.17. The Morgan fingerprint density at radius 2 is 1.71 bits per heavy atom. The number of nitrogens with one attached hydrogen (secondary N) is 1. The number of rotatable bonds is 3. The Morgan fingerprint density at radius 1 is 1.21 bits per heavy atom. The Morgan fingerprint density at radius 3 is 2.14 bits per heavy atom. The van der Waals surface area contributed by atoms with Crippen LogP contribution in [-0.2, 0) is 10.0 Å². The van der Waals surface area contributed by atoms with Crippen molar-refractivity contribution in [1.29, 1.82) is 0 Å². The molecule has 0 aromatic heterocycles. The molecule has 0 heterocycles. The Kier molecular flexibility index (Phi) is 3.05. The van der Waals surface area contributed by atoms with Gasteiger partial charge in [0.05, 0.1) is 11.4 Å². The zero-order valence-electron chi connectivity index (χ0n) is 7.42. The maximum absolute atomic E-state index is 12.6.